The zero-order chi connectivity index (χ0) is 13.8. The van der Waals surface area contributed by atoms with Gasteiger partial charge in [0.05, 0.1) is 12.7 Å². The van der Waals surface area contributed by atoms with Crippen LogP contribution < -0.4 is 0 Å². The van der Waals surface area contributed by atoms with Gasteiger partial charge in [0, 0.05) is 15.2 Å². The Bertz CT molecular complexity index is 281. The van der Waals surface area contributed by atoms with Gasteiger partial charge >= 0.3 is 11.9 Å². The number of carboxylic acid groups (broad SMARTS) is 1. The largest absolute Gasteiger partial charge is 0.481 e. The van der Waals surface area contributed by atoms with E-state index in [1.54, 1.807) is 0 Å². The predicted molar refractivity (Wildman–Crippen MR) is 69.8 cm³/mol. The molecule has 0 saturated carbocycles. The molecule has 0 aromatic heterocycles. The summed E-state index contributed by atoms with van der Waals surface area (Å²) in [5.41, 5.74) is -0.453. The van der Waals surface area contributed by atoms with E-state index >= 15 is 0 Å². The van der Waals surface area contributed by atoms with Crippen molar-refractivity contribution in [3.63, 3.8) is 0 Å². The molecule has 2 atom stereocenters. The molecule has 100 valence electrons. The first-order chi connectivity index (χ1) is 7.61. The van der Waals surface area contributed by atoms with Crippen LogP contribution in [0, 0.1) is 11.3 Å². The fourth-order valence-electron chi connectivity index (χ4n) is 2.20. The summed E-state index contributed by atoms with van der Waals surface area (Å²) in [7, 11) is 0.0523. The molecule has 4 nitrogen and oxygen atoms in total. The van der Waals surface area contributed by atoms with E-state index < -0.39 is 14.8 Å². The van der Waals surface area contributed by atoms with Crippen LogP contribution in [0.5, 0.6) is 0 Å². The third-order valence-corrected chi connectivity index (χ3v) is 5.31. The average Bonchev–Trinajstić information content (AvgIpc) is 2.13. The molecule has 0 saturated heterocycles. The Kier molecular flexibility index (Phi) is 5.88. The van der Waals surface area contributed by atoms with Crippen molar-refractivity contribution in [2.75, 3.05) is 7.11 Å². The highest BCUT2D eigenvalue weighted by Gasteiger charge is 2.40. The fourth-order valence-corrected chi connectivity index (χ4v) is 4.52. The van der Waals surface area contributed by atoms with Gasteiger partial charge < -0.3 is 9.84 Å². The molecule has 2 unspecified atom stereocenters. The Morgan fingerprint density at radius 3 is 2.00 bits per heavy atom. The van der Waals surface area contributed by atoms with E-state index in [0.29, 0.717) is 0 Å². The highest BCUT2D eigenvalue weighted by atomic mass is 28.3. The van der Waals surface area contributed by atoms with Crippen molar-refractivity contribution in [3.8, 4) is 0 Å². The number of carbonyl (C=O) groups is 2. The monoisotopic (exact) mass is 260 g/mol. The molecular formula is C12H24O4Si. The number of methoxy groups -OCH3 is 1. The van der Waals surface area contributed by atoms with Gasteiger partial charge in [-0.3, -0.25) is 9.59 Å². The minimum Gasteiger partial charge on any atom is -0.481 e. The molecule has 1 N–H and O–H groups in total. The first-order valence-corrected chi connectivity index (χ1v) is 8.88. The van der Waals surface area contributed by atoms with Crippen molar-refractivity contribution in [2.45, 2.75) is 45.8 Å². The highest BCUT2D eigenvalue weighted by Crippen LogP contribution is 2.40. The lowest BCUT2D eigenvalue weighted by atomic mass is 9.76. The summed E-state index contributed by atoms with van der Waals surface area (Å²) < 4.78 is 4.83. The fraction of sp³-hybridized carbons (Fsp3) is 0.833. The zero-order valence-corrected chi connectivity index (χ0v) is 12.8. The van der Waals surface area contributed by atoms with Crippen LogP contribution in [0.25, 0.3) is 0 Å². The second kappa shape index (κ2) is 6.19. The summed E-state index contributed by atoms with van der Waals surface area (Å²) in [6.45, 7) is 10.1. The molecule has 0 aliphatic carbocycles. The molecule has 17 heavy (non-hydrogen) atoms. The number of ether oxygens (including phenoxy) is 1. The van der Waals surface area contributed by atoms with Crippen LogP contribution in [0.15, 0.2) is 0 Å². The van der Waals surface area contributed by atoms with Gasteiger partial charge in [0.15, 0.2) is 0 Å². The summed E-state index contributed by atoms with van der Waals surface area (Å²) >= 11 is 0. The maximum absolute atomic E-state index is 11.8. The van der Waals surface area contributed by atoms with Crippen LogP contribution in [0.4, 0.5) is 0 Å². The zero-order valence-electron chi connectivity index (χ0n) is 11.6. The maximum Gasteiger partial charge on any atom is 0.305 e. The summed E-state index contributed by atoms with van der Waals surface area (Å²) in [4.78, 5) is 22.8. The lowest BCUT2D eigenvalue weighted by molar-refractivity contribution is -0.144. The lowest BCUT2D eigenvalue weighted by Crippen LogP contribution is -2.37. The SMILES string of the molecule is COC(=O)C(C(CC(=O)O)C(C)(C)C)[SiH](C)C. The van der Waals surface area contributed by atoms with E-state index in [2.05, 4.69) is 13.1 Å². The first-order valence-electron chi connectivity index (χ1n) is 5.90. The van der Waals surface area contributed by atoms with Crippen LogP contribution in [0.3, 0.4) is 0 Å². The van der Waals surface area contributed by atoms with Crippen LogP contribution in [-0.2, 0) is 14.3 Å². The van der Waals surface area contributed by atoms with Crippen molar-refractivity contribution in [1.82, 2.24) is 0 Å². The normalized spacial score (nSPS) is 15.5. The Balaban J connectivity index is 5.22. The molecule has 0 radical (unpaired) electrons. The maximum atomic E-state index is 11.8. The van der Waals surface area contributed by atoms with Crippen molar-refractivity contribution in [3.05, 3.63) is 0 Å². The van der Waals surface area contributed by atoms with Crippen molar-refractivity contribution in [2.24, 2.45) is 11.3 Å². The molecule has 0 fully saturated rings. The smallest absolute Gasteiger partial charge is 0.305 e. The van der Waals surface area contributed by atoms with Crippen LogP contribution in [0.1, 0.15) is 27.2 Å². The summed E-state index contributed by atoms with van der Waals surface area (Å²) in [5, 5.41) is 9.00. The topological polar surface area (TPSA) is 63.6 Å². The Morgan fingerprint density at radius 1 is 1.29 bits per heavy atom. The number of rotatable bonds is 5. The minimum absolute atomic E-state index is 0.0223. The number of carbonyl (C=O) groups excluding carboxylic acids is 1. The summed E-state index contributed by atoms with van der Waals surface area (Å²) in [5.74, 6) is -1.28. The van der Waals surface area contributed by atoms with Gasteiger partial charge in [-0.05, 0) is 11.3 Å². The van der Waals surface area contributed by atoms with E-state index in [4.69, 9.17) is 9.84 Å². The average molecular weight is 260 g/mol. The van der Waals surface area contributed by atoms with Crippen molar-refractivity contribution in [1.29, 1.82) is 0 Å². The predicted octanol–water partition coefficient (Wildman–Crippen LogP) is 2.15. The molecule has 0 rings (SSSR count). The number of hydrogen-bond donors (Lipinski definition) is 1. The number of hydrogen-bond acceptors (Lipinski definition) is 3. The molecule has 0 spiro atoms. The third kappa shape index (κ3) is 4.89. The van der Waals surface area contributed by atoms with Gasteiger partial charge in [-0.15, -0.1) is 0 Å². The molecule has 0 aromatic rings. The van der Waals surface area contributed by atoms with Crippen molar-refractivity contribution >= 4 is 20.7 Å². The van der Waals surface area contributed by atoms with Crippen molar-refractivity contribution < 1.29 is 19.4 Å². The quantitative estimate of drug-likeness (QED) is 0.607. The third-order valence-electron chi connectivity index (χ3n) is 3.13. The van der Waals surface area contributed by atoms with Gasteiger partial charge in [-0.25, -0.2) is 0 Å². The van der Waals surface area contributed by atoms with E-state index in [1.165, 1.54) is 7.11 Å². The Labute approximate surface area is 105 Å². The standard InChI is InChI=1S/C12H24O4Si/c1-12(2,3)8(7-9(13)14)10(17(5)6)11(15)16-4/h8,10,17H,7H2,1-6H3,(H,13,14). The van der Waals surface area contributed by atoms with E-state index in [-0.39, 0.29) is 29.3 Å². The molecule has 0 aliphatic rings. The van der Waals surface area contributed by atoms with Gasteiger partial charge in [0.25, 0.3) is 0 Å². The summed E-state index contributed by atoms with van der Waals surface area (Å²) in [6.07, 6.45) is 0.0223. The highest BCUT2D eigenvalue weighted by molar-refractivity contribution is 6.61. The van der Waals surface area contributed by atoms with Gasteiger partial charge in [0.2, 0.25) is 0 Å². The first kappa shape index (κ1) is 16.2. The van der Waals surface area contributed by atoms with Gasteiger partial charge in [0.1, 0.15) is 0 Å². The molecule has 0 bridgehead atoms. The molecule has 0 amide bonds. The van der Waals surface area contributed by atoms with Gasteiger partial charge in [-0.2, -0.15) is 0 Å². The molecular weight excluding hydrogens is 236 g/mol. The lowest BCUT2D eigenvalue weighted by Gasteiger charge is -2.36. The number of carboxylic acids is 1. The molecule has 0 heterocycles. The molecule has 0 aliphatic heterocycles. The van der Waals surface area contributed by atoms with Crippen LogP contribution >= 0.6 is 0 Å². The molecule has 0 aromatic carbocycles. The second-order valence-corrected chi connectivity index (χ2v) is 9.07. The van der Waals surface area contributed by atoms with Crippen LogP contribution in [-0.4, -0.2) is 33.0 Å². The number of esters is 1. The minimum atomic E-state index is -1.32. The van der Waals surface area contributed by atoms with E-state index in [1.807, 2.05) is 20.8 Å². The van der Waals surface area contributed by atoms with Gasteiger partial charge in [-0.1, -0.05) is 33.9 Å². The van der Waals surface area contributed by atoms with E-state index in [0.717, 1.165) is 0 Å². The Morgan fingerprint density at radius 2 is 1.76 bits per heavy atom. The Hall–Kier alpha value is -0.843. The van der Waals surface area contributed by atoms with Crippen LogP contribution in [0.2, 0.25) is 18.6 Å². The second-order valence-electron chi connectivity index (χ2n) is 5.86. The summed E-state index contributed by atoms with van der Waals surface area (Å²) in [6, 6.07) is 0. The van der Waals surface area contributed by atoms with E-state index in [9.17, 15) is 9.59 Å². The molecule has 5 heteroatoms. The number of aliphatic carboxylic acids is 1.